The van der Waals surface area contributed by atoms with E-state index in [2.05, 4.69) is 4.90 Å². The Kier molecular flexibility index (Phi) is 4.98. The molecular formula is C15H22N2O3. The van der Waals surface area contributed by atoms with Gasteiger partial charge < -0.3 is 15.2 Å². The van der Waals surface area contributed by atoms with Crippen molar-refractivity contribution in [1.82, 2.24) is 4.90 Å². The average molecular weight is 278 g/mol. The first-order chi connectivity index (χ1) is 9.63. The molecule has 5 nitrogen and oxygen atoms in total. The van der Waals surface area contributed by atoms with E-state index in [-0.39, 0.29) is 11.8 Å². The predicted octanol–water partition coefficient (Wildman–Crippen LogP) is 1.31. The van der Waals surface area contributed by atoms with Crippen LogP contribution < -0.4 is 15.2 Å². The Hall–Kier alpha value is -1.59. The number of benzene rings is 1. The highest BCUT2D eigenvalue weighted by molar-refractivity contribution is 5.98. The maximum atomic E-state index is 12.3. The molecule has 0 aliphatic carbocycles. The second-order valence-electron chi connectivity index (χ2n) is 5.11. The van der Waals surface area contributed by atoms with Crippen LogP contribution in [-0.4, -0.2) is 50.6 Å². The highest BCUT2D eigenvalue weighted by atomic mass is 16.5. The first-order valence-electron chi connectivity index (χ1n) is 6.87. The number of ketones is 1. The molecule has 110 valence electrons. The molecular weight excluding hydrogens is 256 g/mol. The first-order valence-corrected chi connectivity index (χ1v) is 6.87. The summed E-state index contributed by atoms with van der Waals surface area (Å²) in [4.78, 5) is 14.4. The highest BCUT2D eigenvalue weighted by Crippen LogP contribution is 2.27. The summed E-state index contributed by atoms with van der Waals surface area (Å²) < 4.78 is 10.4. The third-order valence-electron chi connectivity index (χ3n) is 3.70. The molecule has 1 aliphatic rings. The van der Waals surface area contributed by atoms with E-state index in [9.17, 15) is 4.79 Å². The van der Waals surface area contributed by atoms with Crippen molar-refractivity contribution in [2.24, 2.45) is 5.73 Å². The van der Waals surface area contributed by atoms with E-state index < -0.39 is 0 Å². The second-order valence-corrected chi connectivity index (χ2v) is 5.11. The number of hydrogen-bond acceptors (Lipinski definition) is 5. The fraction of sp³-hybridized carbons (Fsp3) is 0.533. The largest absolute Gasteiger partial charge is 0.493 e. The summed E-state index contributed by atoms with van der Waals surface area (Å²) in [5, 5.41) is 0. The van der Waals surface area contributed by atoms with Gasteiger partial charge in [0.2, 0.25) is 0 Å². The molecule has 1 aliphatic heterocycles. The van der Waals surface area contributed by atoms with Gasteiger partial charge >= 0.3 is 0 Å². The molecule has 2 rings (SSSR count). The lowest BCUT2D eigenvalue weighted by molar-refractivity contribution is 0.0909. The molecule has 0 bridgehead atoms. The van der Waals surface area contributed by atoms with Gasteiger partial charge in [0.1, 0.15) is 0 Å². The summed E-state index contributed by atoms with van der Waals surface area (Å²) in [5.74, 6) is 1.31. The third kappa shape index (κ3) is 3.49. The lowest BCUT2D eigenvalue weighted by Crippen LogP contribution is -2.41. The number of methoxy groups -OCH3 is 2. The van der Waals surface area contributed by atoms with Gasteiger partial charge in [0.15, 0.2) is 17.3 Å². The number of ether oxygens (including phenoxy) is 2. The number of rotatable bonds is 5. The molecule has 1 fully saturated rings. The van der Waals surface area contributed by atoms with Gasteiger partial charge in [-0.3, -0.25) is 9.69 Å². The normalized spacial score (nSPS) is 16.9. The standard InChI is InChI=1S/C15H22N2O3/c1-19-14-4-3-11(9-15(14)20-2)13(18)10-17-7-5-12(16)6-8-17/h3-4,9,12H,5-8,10,16H2,1-2H3. The fourth-order valence-electron chi connectivity index (χ4n) is 2.42. The number of nitrogens with two attached hydrogens (primary N) is 1. The Balaban J connectivity index is 2.02. The summed E-state index contributed by atoms with van der Waals surface area (Å²) in [6, 6.07) is 5.55. The molecule has 0 saturated carbocycles. The van der Waals surface area contributed by atoms with Crippen molar-refractivity contribution >= 4 is 5.78 Å². The summed E-state index contributed by atoms with van der Waals surface area (Å²) in [5.41, 5.74) is 6.52. The molecule has 1 saturated heterocycles. The maximum absolute atomic E-state index is 12.3. The Labute approximate surface area is 119 Å². The van der Waals surface area contributed by atoms with Crippen molar-refractivity contribution in [3.05, 3.63) is 23.8 Å². The second kappa shape index (κ2) is 6.72. The number of carbonyl (C=O) groups excluding carboxylic acids is 1. The molecule has 0 atom stereocenters. The van der Waals surface area contributed by atoms with Crippen molar-refractivity contribution in [1.29, 1.82) is 0 Å². The fourth-order valence-corrected chi connectivity index (χ4v) is 2.42. The van der Waals surface area contributed by atoms with Gasteiger partial charge in [0.25, 0.3) is 0 Å². The monoisotopic (exact) mass is 278 g/mol. The molecule has 1 heterocycles. The number of hydrogen-bond donors (Lipinski definition) is 1. The van der Waals surface area contributed by atoms with Gasteiger partial charge in [0.05, 0.1) is 20.8 Å². The van der Waals surface area contributed by atoms with Crippen LogP contribution >= 0.6 is 0 Å². The Bertz CT molecular complexity index is 468. The van der Waals surface area contributed by atoms with Gasteiger partial charge in [-0.05, 0) is 31.0 Å². The summed E-state index contributed by atoms with van der Waals surface area (Å²) in [6.07, 6.45) is 1.92. The lowest BCUT2D eigenvalue weighted by atomic mass is 10.0. The van der Waals surface area contributed by atoms with Crippen LogP contribution in [0, 0.1) is 0 Å². The number of piperidine rings is 1. The van der Waals surface area contributed by atoms with E-state index in [1.807, 2.05) is 0 Å². The van der Waals surface area contributed by atoms with Crippen molar-refractivity contribution in [3.8, 4) is 11.5 Å². The Morgan fingerprint density at radius 2 is 1.90 bits per heavy atom. The number of nitrogens with zero attached hydrogens (tertiary/aromatic N) is 1. The number of likely N-dealkylation sites (tertiary alicyclic amines) is 1. The zero-order chi connectivity index (χ0) is 14.5. The minimum Gasteiger partial charge on any atom is -0.493 e. The molecule has 2 N–H and O–H groups in total. The van der Waals surface area contributed by atoms with E-state index in [0.29, 0.717) is 23.6 Å². The molecule has 0 amide bonds. The number of Topliss-reactive ketones (excluding diaryl/α,β-unsaturated/α-hetero) is 1. The van der Waals surface area contributed by atoms with E-state index in [1.165, 1.54) is 0 Å². The summed E-state index contributed by atoms with van der Waals surface area (Å²) in [6.45, 7) is 2.21. The van der Waals surface area contributed by atoms with Crippen molar-refractivity contribution in [3.63, 3.8) is 0 Å². The van der Waals surface area contributed by atoms with Crippen LogP contribution in [0.15, 0.2) is 18.2 Å². The highest BCUT2D eigenvalue weighted by Gasteiger charge is 2.19. The average Bonchev–Trinajstić information content (AvgIpc) is 2.48. The van der Waals surface area contributed by atoms with E-state index in [0.717, 1.165) is 25.9 Å². The minimum absolute atomic E-state index is 0.0985. The first kappa shape index (κ1) is 14.8. The quantitative estimate of drug-likeness (QED) is 0.823. The summed E-state index contributed by atoms with van der Waals surface area (Å²) in [7, 11) is 3.15. The van der Waals surface area contributed by atoms with Gasteiger partial charge in [-0.25, -0.2) is 0 Å². The summed E-state index contributed by atoms with van der Waals surface area (Å²) >= 11 is 0. The smallest absolute Gasteiger partial charge is 0.176 e. The molecule has 0 spiro atoms. The molecule has 5 heteroatoms. The zero-order valence-corrected chi connectivity index (χ0v) is 12.1. The maximum Gasteiger partial charge on any atom is 0.176 e. The van der Waals surface area contributed by atoms with Crippen molar-refractivity contribution in [2.75, 3.05) is 33.9 Å². The predicted molar refractivity (Wildman–Crippen MR) is 77.5 cm³/mol. The molecule has 1 aromatic rings. The third-order valence-corrected chi connectivity index (χ3v) is 3.70. The molecule has 1 aromatic carbocycles. The molecule has 0 aromatic heterocycles. The van der Waals surface area contributed by atoms with E-state index in [1.54, 1.807) is 32.4 Å². The van der Waals surface area contributed by atoms with Crippen molar-refractivity contribution < 1.29 is 14.3 Å². The Morgan fingerprint density at radius 1 is 1.25 bits per heavy atom. The van der Waals surface area contributed by atoms with E-state index >= 15 is 0 Å². The minimum atomic E-state index is 0.0985. The van der Waals surface area contributed by atoms with Crippen LogP contribution in [0.5, 0.6) is 11.5 Å². The van der Waals surface area contributed by atoms with Gasteiger partial charge in [0, 0.05) is 24.7 Å². The molecule has 20 heavy (non-hydrogen) atoms. The lowest BCUT2D eigenvalue weighted by Gasteiger charge is -2.29. The number of carbonyl (C=O) groups is 1. The van der Waals surface area contributed by atoms with Gasteiger partial charge in [-0.15, -0.1) is 0 Å². The topological polar surface area (TPSA) is 64.8 Å². The zero-order valence-electron chi connectivity index (χ0n) is 12.1. The Morgan fingerprint density at radius 3 is 2.50 bits per heavy atom. The van der Waals surface area contributed by atoms with Crippen LogP contribution in [0.2, 0.25) is 0 Å². The van der Waals surface area contributed by atoms with Gasteiger partial charge in [-0.1, -0.05) is 0 Å². The van der Waals surface area contributed by atoms with Gasteiger partial charge in [-0.2, -0.15) is 0 Å². The van der Waals surface area contributed by atoms with Crippen LogP contribution in [0.3, 0.4) is 0 Å². The van der Waals surface area contributed by atoms with Crippen molar-refractivity contribution in [2.45, 2.75) is 18.9 Å². The van der Waals surface area contributed by atoms with Crippen LogP contribution in [-0.2, 0) is 0 Å². The molecule has 0 radical (unpaired) electrons. The SMILES string of the molecule is COc1ccc(C(=O)CN2CCC(N)CC2)cc1OC. The van der Waals surface area contributed by atoms with Crippen LogP contribution in [0.1, 0.15) is 23.2 Å². The van der Waals surface area contributed by atoms with Crippen LogP contribution in [0.4, 0.5) is 0 Å². The van der Waals surface area contributed by atoms with E-state index in [4.69, 9.17) is 15.2 Å². The van der Waals surface area contributed by atoms with Crippen LogP contribution in [0.25, 0.3) is 0 Å². The molecule has 0 unspecified atom stereocenters.